The van der Waals surface area contributed by atoms with Gasteiger partial charge in [-0.2, -0.15) is 0 Å². The number of aromatic amines is 1. The number of primary sulfonamides is 1. The Labute approximate surface area is 83.9 Å². The molecule has 0 amide bonds. The van der Waals surface area contributed by atoms with Crippen molar-refractivity contribution in [2.45, 2.75) is 4.21 Å². The summed E-state index contributed by atoms with van der Waals surface area (Å²) in [6.45, 7) is 0. The highest BCUT2D eigenvalue weighted by atomic mass is 32.2. The molecule has 0 bridgehead atoms. The Morgan fingerprint density at radius 2 is 2.21 bits per heavy atom. The molecule has 14 heavy (non-hydrogen) atoms. The normalized spacial score (nSPS) is 11.8. The average Bonchev–Trinajstić information content (AvgIpc) is 2.73. The predicted octanol–water partition coefficient (Wildman–Crippen LogP) is 0.181. The van der Waals surface area contributed by atoms with Gasteiger partial charge in [-0.3, -0.25) is 0 Å². The summed E-state index contributed by atoms with van der Waals surface area (Å²) in [5, 5.41) is 5.49. The van der Waals surface area contributed by atoms with Crippen molar-refractivity contribution in [2.24, 2.45) is 5.14 Å². The lowest BCUT2D eigenvalue weighted by molar-refractivity contribution is 0.599. The second-order valence-electron chi connectivity index (χ2n) is 2.49. The summed E-state index contributed by atoms with van der Waals surface area (Å²) in [5.41, 5.74) is 0.671. The van der Waals surface area contributed by atoms with E-state index in [4.69, 9.17) is 5.14 Å². The van der Waals surface area contributed by atoms with Gasteiger partial charge in [-0.15, -0.1) is 0 Å². The largest absolute Gasteiger partial charge is 0.343 e. The molecule has 0 aromatic carbocycles. The fourth-order valence-corrected chi connectivity index (χ4v) is 2.41. The minimum atomic E-state index is -3.65. The van der Waals surface area contributed by atoms with Crippen LogP contribution in [-0.4, -0.2) is 23.4 Å². The molecule has 3 N–H and O–H groups in total. The van der Waals surface area contributed by atoms with Crippen LogP contribution in [0.25, 0.3) is 10.7 Å². The molecule has 0 aliphatic heterocycles. The number of nitrogens with zero attached hydrogens (tertiary/aromatic N) is 2. The van der Waals surface area contributed by atoms with Crippen LogP contribution in [0, 0.1) is 0 Å². The van der Waals surface area contributed by atoms with Crippen molar-refractivity contribution in [3.8, 4) is 10.7 Å². The van der Waals surface area contributed by atoms with Crippen LogP contribution in [0.5, 0.6) is 0 Å². The van der Waals surface area contributed by atoms with Crippen molar-refractivity contribution in [1.29, 1.82) is 0 Å². The van der Waals surface area contributed by atoms with Crippen molar-refractivity contribution < 1.29 is 8.42 Å². The molecule has 0 atom stereocenters. The van der Waals surface area contributed by atoms with E-state index >= 15 is 0 Å². The van der Waals surface area contributed by atoms with Crippen LogP contribution in [0.1, 0.15) is 0 Å². The fourth-order valence-electron chi connectivity index (χ4n) is 0.888. The summed E-state index contributed by atoms with van der Waals surface area (Å²) < 4.78 is 21.9. The van der Waals surface area contributed by atoms with Gasteiger partial charge in [0.25, 0.3) is 0 Å². The van der Waals surface area contributed by atoms with Gasteiger partial charge < -0.3 is 4.98 Å². The molecule has 0 aliphatic carbocycles. The number of nitrogens with two attached hydrogens (primary N) is 1. The summed E-state index contributed by atoms with van der Waals surface area (Å²) in [4.78, 5) is 10.5. The van der Waals surface area contributed by atoms with Gasteiger partial charge in [0.15, 0.2) is 4.21 Å². The van der Waals surface area contributed by atoms with Gasteiger partial charge in [-0.05, 0) is 0 Å². The molecule has 0 unspecified atom stereocenters. The minimum Gasteiger partial charge on any atom is -0.343 e. The fraction of sp³-hybridized carbons (Fsp3) is 0. The number of hydrogen-bond donors (Lipinski definition) is 2. The number of nitrogens with one attached hydrogen (secondary N) is 1. The average molecular weight is 230 g/mol. The van der Waals surface area contributed by atoms with E-state index in [0.717, 1.165) is 11.3 Å². The Morgan fingerprint density at radius 1 is 1.43 bits per heavy atom. The molecule has 0 aliphatic rings. The number of H-pyrrole nitrogens is 1. The molecule has 74 valence electrons. The zero-order chi connectivity index (χ0) is 10.2. The number of aromatic nitrogens is 3. The molecule has 0 saturated carbocycles. The summed E-state index contributed by atoms with van der Waals surface area (Å²) in [6.07, 6.45) is 4.29. The van der Waals surface area contributed by atoms with Gasteiger partial charge >= 0.3 is 0 Å². The van der Waals surface area contributed by atoms with E-state index < -0.39 is 10.0 Å². The monoisotopic (exact) mass is 230 g/mol. The zero-order valence-electron chi connectivity index (χ0n) is 6.84. The van der Waals surface area contributed by atoms with Crippen molar-refractivity contribution in [1.82, 2.24) is 15.0 Å². The lowest BCUT2D eigenvalue weighted by atomic mass is 10.5. The molecule has 2 rings (SSSR count). The predicted molar refractivity (Wildman–Crippen MR) is 51.1 cm³/mol. The van der Waals surface area contributed by atoms with Gasteiger partial charge in [0.1, 0.15) is 5.01 Å². The third-order valence-corrected chi connectivity index (χ3v) is 3.93. The van der Waals surface area contributed by atoms with E-state index in [0.29, 0.717) is 10.7 Å². The molecular formula is C6H6N4O2S2. The summed E-state index contributed by atoms with van der Waals surface area (Å²) >= 11 is 1.00. The van der Waals surface area contributed by atoms with Crippen LogP contribution < -0.4 is 5.14 Å². The summed E-state index contributed by atoms with van der Waals surface area (Å²) in [5.74, 6) is 0. The van der Waals surface area contributed by atoms with E-state index in [1.165, 1.54) is 12.5 Å². The van der Waals surface area contributed by atoms with Crippen LogP contribution in [0.15, 0.2) is 22.9 Å². The number of imidazole rings is 1. The molecule has 0 spiro atoms. The minimum absolute atomic E-state index is 0.0436. The molecule has 0 radical (unpaired) electrons. The topological polar surface area (TPSA) is 102 Å². The highest BCUT2D eigenvalue weighted by molar-refractivity contribution is 7.91. The van der Waals surface area contributed by atoms with E-state index in [-0.39, 0.29) is 4.21 Å². The maximum absolute atomic E-state index is 10.9. The second kappa shape index (κ2) is 3.15. The van der Waals surface area contributed by atoms with Crippen LogP contribution in [0.2, 0.25) is 0 Å². The third-order valence-electron chi connectivity index (χ3n) is 1.49. The zero-order valence-corrected chi connectivity index (χ0v) is 8.47. The van der Waals surface area contributed by atoms with Crippen molar-refractivity contribution >= 4 is 21.4 Å². The number of hydrogen-bond acceptors (Lipinski definition) is 5. The second-order valence-corrected chi connectivity index (χ2v) is 5.31. The van der Waals surface area contributed by atoms with Crippen molar-refractivity contribution in [3.05, 3.63) is 18.7 Å². The Morgan fingerprint density at radius 3 is 2.71 bits per heavy atom. The van der Waals surface area contributed by atoms with Gasteiger partial charge in [0.05, 0.1) is 24.4 Å². The number of thiazole rings is 1. The van der Waals surface area contributed by atoms with Gasteiger partial charge in [0.2, 0.25) is 10.0 Å². The smallest absolute Gasteiger partial charge is 0.249 e. The molecular weight excluding hydrogens is 224 g/mol. The highest BCUT2D eigenvalue weighted by Gasteiger charge is 2.13. The maximum atomic E-state index is 10.9. The SMILES string of the molecule is NS(=O)(=O)c1cnc(-c2cnc[nH]2)s1. The Balaban J connectivity index is 2.46. The van der Waals surface area contributed by atoms with Gasteiger partial charge in [-0.25, -0.2) is 23.5 Å². The van der Waals surface area contributed by atoms with Crippen LogP contribution in [0.4, 0.5) is 0 Å². The summed E-state index contributed by atoms with van der Waals surface area (Å²) in [6, 6.07) is 0. The molecule has 2 heterocycles. The standard InChI is InChI=1S/C6H6N4O2S2/c7-14(11,12)5-2-9-6(13-5)4-1-8-3-10-4/h1-3H,(H,8,10)(H2,7,11,12). The molecule has 0 saturated heterocycles. The van der Waals surface area contributed by atoms with Gasteiger partial charge in [-0.1, -0.05) is 11.3 Å². The van der Waals surface area contributed by atoms with E-state index in [2.05, 4.69) is 15.0 Å². The van der Waals surface area contributed by atoms with Crippen molar-refractivity contribution in [3.63, 3.8) is 0 Å². The Kier molecular flexibility index (Phi) is 2.10. The number of sulfonamides is 1. The summed E-state index contributed by atoms with van der Waals surface area (Å²) in [7, 11) is -3.65. The first-order valence-corrected chi connectivity index (χ1v) is 5.91. The number of rotatable bonds is 2. The first kappa shape index (κ1) is 9.31. The molecule has 2 aromatic heterocycles. The highest BCUT2D eigenvalue weighted by Crippen LogP contribution is 2.24. The lowest BCUT2D eigenvalue weighted by Gasteiger charge is -1.88. The Hall–Kier alpha value is -1.25. The quantitative estimate of drug-likeness (QED) is 0.768. The molecule has 6 nitrogen and oxygen atoms in total. The van der Waals surface area contributed by atoms with E-state index in [9.17, 15) is 8.42 Å². The molecule has 8 heteroatoms. The van der Waals surface area contributed by atoms with Crippen LogP contribution in [-0.2, 0) is 10.0 Å². The molecule has 0 fully saturated rings. The van der Waals surface area contributed by atoms with Crippen LogP contribution in [0.3, 0.4) is 0 Å². The van der Waals surface area contributed by atoms with Gasteiger partial charge in [0, 0.05) is 0 Å². The molecule has 2 aromatic rings. The van der Waals surface area contributed by atoms with E-state index in [1.54, 1.807) is 6.20 Å². The first-order valence-electron chi connectivity index (χ1n) is 3.55. The van der Waals surface area contributed by atoms with Crippen molar-refractivity contribution in [2.75, 3.05) is 0 Å². The third kappa shape index (κ3) is 1.67. The van der Waals surface area contributed by atoms with Crippen LogP contribution >= 0.6 is 11.3 Å². The first-order chi connectivity index (χ1) is 6.57. The maximum Gasteiger partial charge on any atom is 0.249 e. The lowest BCUT2D eigenvalue weighted by Crippen LogP contribution is -2.09. The Bertz CT molecular complexity index is 528. The van der Waals surface area contributed by atoms with E-state index in [1.807, 2.05) is 0 Å².